The maximum absolute atomic E-state index is 12.1. The molecule has 3 amide bonds. The molecule has 0 fully saturated rings. The zero-order valence-electron chi connectivity index (χ0n) is 9.64. The van der Waals surface area contributed by atoms with E-state index < -0.39 is 11.8 Å². The van der Waals surface area contributed by atoms with Crippen LogP contribution in [0.2, 0.25) is 0 Å². The quantitative estimate of drug-likeness (QED) is 0.669. The van der Waals surface area contributed by atoms with E-state index in [-0.39, 0.29) is 12.5 Å². The van der Waals surface area contributed by atoms with Crippen molar-refractivity contribution in [3.8, 4) is 0 Å². The van der Waals surface area contributed by atoms with Crippen molar-refractivity contribution >= 4 is 17.7 Å². The lowest BCUT2D eigenvalue weighted by molar-refractivity contribution is -0.157. The summed E-state index contributed by atoms with van der Waals surface area (Å²) in [6.45, 7) is 2.84. The first-order valence-corrected chi connectivity index (χ1v) is 5.23. The molecule has 5 nitrogen and oxygen atoms in total. The van der Waals surface area contributed by atoms with Gasteiger partial charge in [-0.25, -0.2) is 5.01 Å². The lowest BCUT2D eigenvalue weighted by Crippen LogP contribution is -2.53. The molecule has 1 aromatic rings. The first kappa shape index (κ1) is 11.3. The van der Waals surface area contributed by atoms with Gasteiger partial charge in [-0.3, -0.25) is 14.4 Å². The molecule has 0 saturated carbocycles. The van der Waals surface area contributed by atoms with Gasteiger partial charge in [0, 0.05) is 19.4 Å². The minimum Gasteiger partial charge on any atom is -0.273 e. The van der Waals surface area contributed by atoms with Crippen LogP contribution in [0.4, 0.5) is 0 Å². The van der Waals surface area contributed by atoms with Crippen LogP contribution in [0.1, 0.15) is 29.8 Å². The van der Waals surface area contributed by atoms with Crippen LogP contribution in [0.25, 0.3) is 0 Å². The lowest BCUT2D eigenvalue weighted by Gasteiger charge is -2.36. The van der Waals surface area contributed by atoms with Gasteiger partial charge in [0.15, 0.2) is 0 Å². The van der Waals surface area contributed by atoms with Crippen molar-refractivity contribution in [3.05, 3.63) is 35.4 Å². The molecule has 0 N–H and O–H groups in total. The average molecular weight is 232 g/mol. The smallest absolute Gasteiger partial charge is 0.273 e. The summed E-state index contributed by atoms with van der Waals surface area (Å²) in [4.78, 5) is 35.0. The van der Waals surface area contributed by atoms with Crippen LogP contribution in [0.3, 0.4) is 0 Å². The molecule has 0 unspecified atom stereocenters. The Hall–Kier alpha value is -2.17. The maximum Gasteiger partial charge on any atom is 0.280 e. The molecule has 0 saturated heterocycles. The number of amides is 3. The molecule has 1 aliphatic rings. The predicted molar refractivity (Wildman–Crippen MR) is 59.5 cm³/mol. The van der Waals surface area contributed by atoms with E-state index in [4.69, 9.17) is 0 Å². The summed E-state index contributed by atoms with van der Waals surface area (Å²) in [6.07, 6.45) is 0. The van der Waals surface area contributed by atoms with Crippen molar-refractivity contribution in [1.29, 1.82) is 0 Å². The molecule has 0 aliphatic carbocycles. The minimum absolute atomic E-state index is 0.247. The molecule has 17 heavy (non-hydrogen) atoms. The summed E-state index contributed by atoms with van der Waals surface area (Å²) in [5, 5.41) is 2.05. The fourth-order valence-corrected chi connectivity index (χ4v) is 1.89. The van der Waals surface area contributed by atoms with Crippen molar-refractivity contribution in [3.63, 3.8) is 0 Å². The molecule has 0 radical (unpaired) electrons. The third-order valence-corrected chi connectivity index (χ3v) is 2.66. The van der Waals surface area contributed by atoms with Gasteiger partial charge in [-0.1, -0.05) is 18.2 Å². The number of nitrogens with zero attached hydrogens (tertiary/aromatic N) is 2. The number of carbonyl (C=O) groups excluding carboxylic acids is 3. The number of hydrogen-bond acceptors (Lipinski definition) is 3. The summed E-state index contributed by atoms with van der Waals surface area (Å²) in [5.74, 6) is -1.24. The number of fused-ring (bicyclic) bond motifs is 1. The molecular formula is C12H12N2O3. The van der Waals surface area contributed by atoms with Crippen molar-refractivity contribution in [1.82, 2.24) is 10.0 Å². The average Bonchev–Trinajstić information content (AvgIpc) is 2.28. The Kier molecular flexibility index (Phi) is 2.67. The minimum atomic E-state index is -0.459. The maximum atomic E-state index is 12.1. The van der Waals surface area contributed by atoms with Crippen LogP contribution in [0, 0.1) is 0 Å². The molecule has 1 heterocycles. The van der Waals surface area contributed by atoms with Gasteiger partial charge in [0.25, 0.3) is 5.91 Å². The van der Waals surface area contributed by atoms with E-state index in [9.17, 15) is 14.4 Å². The van der Waals surface area contributed by atoms with Gasteiger partial charge >= 0.3 is 0 Å². The highest BCUT2D eigenvalue weighted by Crippen LogP contribution is 2.22. The van der Waals surface area contributed by atoms with Crippen molar-refractivity contribution < 1.29 is 14.4 Å². The predicted octanol–water partition coefficient (Wildman–Crippen LogP) is 0.952. The first-order valence-electron chi connectivity index (χ1n) is 5.23. The third-order valence-electron chi connectivity index (χ3n) is 2.66. The third kappa shape index (κ3) is 1.80. The Labute approximate surface area is 98.6 Å². The van der Waals surface area contributed by atoms with E-state index in [2.05, 4.69) is 0 Å². The second-order valence-electron chi connectivity index (χ2n) is 3.87. The molecule has 0 aromatic heterocycles. The normalized spacial score (nSPS) is 14.6. The molecule has 2 rings (SSSR count). The van der Waals surface area contributed by atoms with E-state index in [1.165, 1.54) is 13.8 Å². The van der Waals surface area contributed by atoms with Crippen molar-refractivity contribution in [2.24, 2.45) is 0 Å². The summed E-state index contributed by atoms with van der Waals surface area (Å²) >= 11 is 0. The topological polar surface area (TPSA) is 57.7 Å². The molecule has 0 spiro atoms. The molecule has 88 valence electrons. The molecule has 1 aliphatic heterocycles. The standard InChI is InChI=1S/C12H12N2O3/c1-8(15)13-7-10-5-3-4-6-11(10)12(17)14(13)9(2)16/h3-6H,7H2,1-2H3. The van der Waals surface area contributed by atoms with Crippen LogP contribution in [0.5, 0.6) is 0 Å². The zero-order chi connectivity index (χ0) is 12.6. The van der Waals surface area contributed by atoms with Gasteiger partial charge < -0.3 is 0 Å². The number of carbonyl (C=O) groups is 3. The van der Waals surface area contributed by atoms with Gasteiger partial charge in [-0.2, -0.15) is 5.01 Å². The molecular weight excluding hydrogens is 220 g/mol. The summed E-state index contributed by atoms with van der Waals surface area (Å²) < 4.78 is 0. The molecule has 1 aromatic carbocycles. The largest absolute Gasteiger partial charge is 0.280 e. The molecule has 0 bridgehead atoms. The van der Waals surface area contributed by atoms with Crippen LogP contribution >= 0.6 is 0 Å². The molecule has 0 atom stereocenters. The number of rotatable bonds is 0. The van der Waals surface area contributed by atoms with Crippen LogP contribution < -0.4 is 0 Å². The Morgan fingerprint density at radius 1 is 1.12 bits per heavy atom. The van der Waals surface area contributed by atoms with Gasteiger partial charge in [0.1, 0.15) is 0 Å². The Bertz CT molecular complexity index is 510. The van der Waals surface area contributed by atoms with Crippen LogP contribution in [-0.4, -0.2) is 27.7 Å². The van der Waals surface area contributed by atoms with Crippen LogP contribution in [-0.2, 0) is 16.1 Å². The second kappa shape index (κ2) is 4.01. The zero-order valence-corrected chi connectivity index (χ0v) is 9.64. The highest BCUT2D eigenvalue weighted by molar-refractivity contribution is 6.06. The lowest BCUT2D eigenvalue weighted by atomic mass is 10.0. The molecule has 5 heteroatoms. The fourth-order valence-electron chi connectivity index (χ4n) is 1.89. The van der Waals surface area contributed by atoms with Crippen molar-refractivity contribution in [2.45, 2.75) is 20.4 Å². The summed E-state index contributed by atoms with van der Waals surface area (Å²) in [6, 6.07) is 6.97. The second-order valence-corrected chi connectivity index (χ2v) is 3.87. The number of hydrazine groups is 1. The van der Waals surface area contributed by atoms with Gasteiger partial charge in [0.05, 0.1) is 6.54 Å². The Morgan fingerprint density at radius 3 is 2.35 bits per heavy atom. The van der Waals surface area contributed by atoms with Gasteiger partial charge in [-0.05, 0) is 11.6 Å². The first-order chi connectivity index (χ1) is 8.02. The van der Waals surface area contributed by atoms with Gasteiger partial charge in [0.2, 0.25) is 11.8 Å². The highest BCUT2D eigenvalue weighted by Gasteiger charge is 2.34. The van der Waals surface area contributed by atoms with E-state index in [0.717, 1.165) is 15.6 Å². The van der Waals surface area contributed by atoms with Gasteiger partial charge in [-0.15, -0.1) is 0 Å². The highest BCUT2D eigenvalue weighted by atomic mass is 16.2. The van der Waals surface area contributed by atoms with E-state index >= 15 is 0 Å². The van der Waals surface area contributed by atoms with E-state index in [0.29, 0.717) is 5.56 Å². The van der Waals surface area contributed by atoms with Crippen LogP contribution in [0.15, 0.2) is 24.3 Å². The van der Waals surface area contributed by atoms with Crippen molar-refractivity contribution in [2.75, 3.05) is 0 Å². The summed E-state index contributed by atoms with van der Waals surface area (Å²) in [5.41, 5.74) is 1.23. The monoisotopic (exact) mass is 232 g/mol. The van der Waals surface area contributed by atoms with E-state index in [1.807, 2.05) is 0 Å². The Morgan fingerprint density at radius 2 is 1.76 bits per heavy atom. The number of imide groups is 1. The SMILES string of the molecule is CC(=O)N1Cc2ccccc2C(=O)N1C(C)=O. The van der Waals surface area contributed by atoms with E-state index in [1.54, 1.807) is 24.3 Å². The number of benzene rings is 1. The Balaban J connectivity index is 2.52. The fraction of sp³-hybridized carbons (Fsp3) is 0.250. The number of hydrogen-bond donors (Lipinski definition) is 0. The summed E-state index contributed by atoms with van der Waals surface area (Å²) in [7, 11) is 0.